The molecule has 0 aromatic carbocycles. The maximum atomic E-state index is 14.1. The van der Waals surface area contributed by atoms with Crippen LogP contribution in [0.15, 0.2) is 11.8 Å². The van der Waals surface area contributed by atoms with Crippen LogP contribution in [0.3, 0.4) is 0 Å². The number of ether oxygens (including phenoxy) is 11. The fraction of sp³-hybridized carbons (Fsp3) is 0.649. The first kappa shape index (κ1) is 50.8. The first-order chi connectivity index (χ1) is 28.4. The average Bonchev–Trinajstić information content (AvgIpc) is 3.10. The molecule has 61 heavy (non-hydrogen) atoms. The van der Waals surface area contributed by atoms with E-state index in [0.717, 1.165) is 75.3 Å². The zero-order valence-corrected chi connectivity index (χ0v) is 35.0. The minimum Gasteiger partial charge on any atom is -0.477 e. The number of carbonyl (C=O) groups is 11. The number of rotatable bonds is 18. The molecule has 0 bridgehead atoms. The summed E-state index contributed by atoms with van der Waals surface area (Å²) in [5, 5.41) is 5.00. The summed E-state index contributed by atoms with van der Waals surface area (Å²) in [6.07, 6.45) is -14.8. The molecular weight excluding hydrogens is 824 g/mol. The predicted octanol–water partition coefficient (Wildman–Crippen LogP) is -1.35. The number of nitrogens with one attached hydrogen (secondary N) is 2. The molecule has 0 unspecified atom stereocenters. The van der Waals surface area contributed by atoms with E-state index in [2.05, 4.69) is 10.6 Å². The number of carbonyl (C=O) groups excluding carboxylic acids is 11. The Balaban J connectivity index is 2.78. The summed E-state index contributed by atoms with van der Waals surface area (Å²) in [6, 6.07) is -2.92. The van der Waals surface area contributed by atoms with Gasteiger partial charge in [-0.25, -0.2) is 4.79 Å². The molecule has 11 atom stereocenters. The van der Waals surface area contributed by atoms with E-state index in [4.69, 9.17) is 52.1 Å². The van der Waals surface area contributed by atoms with Gasteiger partial charge in [-0.2, -0.15) is 0 Å². The van der Waals surface area contributed by atoms with Crippen LogP contribution in [0.4, 0.5) is 0 Å². The molecule has 0 saturated carbocycles. The van der Waals surface area contributed by atoms with Gasteiger partial charge in [-0.05, 0) is 0 Å². The van der Waals surface area contributed by atoms with Crippen molar-refractivity contribution in [2.24, 2.45) is 0 Å². The van der Waals surface area contributed by atoms with Crippen LogP contribution in [0.2, 0.25) is 0 Å². The summed E-state index contributed by atoms with van der Waals surface area (Å²) < 4.78 is 60.2. The van der Waals surface area contributed by atoms with E-state index in [-0.39, 0.29) is 0 Å². The molecule has 1 fully saturated rings. The van der Waals surface area contributed by atoms with Crippen LogP contribution in [-0.2, 0) is 105 Å². The second-order valence-electron chi connectivity index (χ2n) is 13.5. The highest BCUT2D eigenvalue weighted by Gasteiger charge is 2.52. The standard InChI is InChI=1S/C37H50N2O22/c1-15(40)38-31-25(53-19(5)44)11-27(59-35(31)33(57-23(9)48)28(55-21(7)46)13-51-17(3)42)37(50)61-30-12-26(54-20(6)45)32(39-16(2)41)36(60-30)34(58-24(10)49)29(56-22(8)47)14-52-18(4)43/h11,25-26,28-36H,12-14H2,1-10H3,(H,38,40)(H,39,41)/t25-,26-,28+,29+,30-,31+,32+,33+,34+,35+,36+/m0/s1. The van der Waals surface area contributed by atoms with Crippen molar-refractivity contribution in [3.05, 3.63) is 11.8 Å². The van der Waals surface area contributed by atoms with E-state index in [9.17, 15) is 52.7 Å². The zero-order valence-electron chi connectivity index (χ0n) is 35.0. The maximum Gasteiger partial charge on any atom is 0.375 e. The largest absolute Gasteiger partial charge is 0.477 e. The second-order valence-corrected chi connectivity index (χ2v) is 13.5. The Morgan fingerprint density at radius 3 is 1.41 bits per heavy atom. The minimum absolute atomic E-state index is 0.534. The van der Waals surface area contributed by atoms with E-state index in [1.165, 1.54) is 0 Å². The van der Waals surface area contributed by atoms with Crippen molar-refractivity contribution >= 4 is 65.5 Å². The van der Waals surface area contributed by atoms with Gasteiger partial charge < -0.3 is 62.7 Å². The summed E-state index contributed by atoms with van der Waals surface area (Å²) >= 11 is 0. The van der Waals surface area contributed by atoms with Crippen LogP contribution >= 0.6 is 0 Å². The van der Waals surface area contributed by atoms with Gasteiger partial charge in [-0.1, -0.05) is 0 Å². The molecule has 0 aromatic heterocycles. The Morgan fingerprint density at radius 2 is 1.00 bits per heavy atom. The Morgan fingerprint density at radius 1 is 0.557 bits per heavy atom. The summed E-state index contributed by atoms with van der Waals surface area (Å²) in [7, 11) is 0. The quantitative estimate of drug-likeness (QED) is 0.119. The van der Waals surface area contributed by atoms with Crippen molar-refractivity contribution in [2.45, 2.75) is 143 Å². The van der Waals surface area contributed by atoms with Gasteiger partial charge in [0.2, 0.25) is 23.9 Å². The molecule has 2 aliphatic rings. The van der Waals surface area contributed by atoms with Gasteiger partial charge in [0.05, 0.1) is 6.04 Å². The van der Waals surface area contributed by atoms with Crippen molar-refractivity contribution < 1.29 is 105 Å². The van der Waals surface area contributed by atoms with Crippen LogP contribution in [0.1, 0.15) is 75.7 Å². The fourth-order valence-electron chi connectivity index (χ4n) is 6.24. The SMILES string of the molecule is CC(=O)N[C@H]1[C@H]([C@H](OC(C)=O)[C@@H](COC(C)=O)OC(C)=O)OC(C(=O)O[C@H]2C[C@H](OC(C)=O)[C@@H](NC(C)=O)[C@H]([C@H](OC(C)=O)[C@@H](COC(C)=O)OC(C)=O)O2)=C[C@@H]1OC(C)=O. The van der Waals surface area contributed by atoms with Gasteiger partial charge in [0.25, 0.3) is 0 Å². The van der Waals surface area contributed by atoms with Crippen molar-refractivity contribution in [1.82, 2.24) is 10.6 Å². The van der Waals surface area contributed by atoms with Crippen LogP contribution in [-0.4, -0.2) is 146 Å². The van der Waals surface area contributed by atoms with E-state index in [1.54, 1.807) is 0 Å². The fourth-order valence-corrected chi connectivity index (χ4v) is 6.24. The lowest BCUT2D eigenvalue weighted by atomic mass is 9.91. The molecule has 24 nitrogen and oxygen atoms in total. The summed E-state index contributed by atoms with van der Waals surface area (Å²) in [5.74, 6) is -11.1. The smallest absolute Gasteiger partial charge is 0.375 e. The molecule has 2 N–H and O–H groups in total. The van der Waals surface area contributed by atoms with Crippen LogP contribution < -0.4 is 10.6 Å². The first-order valence-electron chi connectivity index (χ1n) is 18.5. The Kier molecular flexibility index (Phi) is 19.5. The molecule has 0 aliphatic carbocycles. The summed E-state index contributed by atoms with van der Waals surface area (Å²) in [4.78, 5) is 137. The monoisotopic (exact) mass is 874 g/mol. The van der Waals surface area contributed by atoms with Crippen molar-refractivity contribution in [2.75, 3.05) is 13.2 Å². The van der Waals surface area contributed by atoms with E-state index in [0.29, 0.717) is 0 Å². The lowest BCUT2D eigenvalue weighted by Crippen LogP contribution is -2.65. The number of esters is 9. The Labute approximate surface area is 348 Å². The normalized spacial score (nSPS) is 23.8. The predicted molar refractivity (Wildman–Crippen MR) is 194 cm³/mol. The molecule has 2 heterocycles. The van der Waals surface area contributed by atoms with Crippen molar-refractivity contribution in [1.29, 1.82) is 0 Å². The number of amides is 2. The maximum absolute atomic E-state index is 14.1. The van der Waals surface area contributed by atoms with Gasteiger partial charge in [0.15, 0.2) is 30.5 Å². The molecule has 0 spiro atoms. The topological polar surface area (TPSA) is 313 Å². The van der Waals surface area contributed by atoms with Crippen molar-refractivity contribution in [3.63, 3.8) is 0 Å². The van der Waals surface area contributed by atoms with Crippen molar-refractivity contribution in [3.8, 4) is 0 Å². The van der Waals surface area contributed by atoms with Gasteiger partial charge in [0.1, 0.15) is 37.6 Å². The highest BCUT2D eigenvalue weighted by molar-refractivity contribution is 5.87. The third kappa shape index (κ3) is 17.1. The van der Waals surface area contributed by atoms with Gasteiger partial charge >= 0.3 is 53.7 Å². The van der Waals surface area contributed by atoms with E-state index < -0.39 is 158 Å². The molecule has 0 radical (unpaired) electrons. The zero-order chi connectivity index (χ0) is 46.3. The molecule has 1 saturated heterocycles. The third-order valence-electron chi connectivity index (χ3n) is 8.09. The third-order valence-corrected chi connectivity index (χ3v) is 8.09. The Hall–Kier alpha value is -6.33. The molecule has 340 valence electrons. The number of hydrogen-bond acceptors (Lipinski definition) is 22. The van der Waals surface area contributed by atoms with E-state index in [1.807, 2.05) is 0 Å². The molecule has 2 amide bonds. The minimum atomic E-state index is -1.82. The average molecular weight is 875 g/mol. The van der Waals surface area contributed by atoms with Crippen LogP contribution in [0, 0.1) is 0 Å². The lowest BCUT2D eigenvalue weighted by Gasteiger charge is -2.44. The Bertz CT molecular complexity index is 1730. The highest BCUT2D eigenvalue weighted by Crippen LogP contribution is 2.33. The van der Waals surface area contributed by atoms with Crippen LogP contribution in [0.5, 0.6) is 0 Å². The highest BCUT2D eigenvalue weighted by atomic mass is 16.7. The summed E-state index contributed by atoms with van der Waals surface area (Å²) in [6.45, 7) is 8.71. The molecule has 0 aromatic rings. The second kappa shape index (κ2) is 23.5. The summed E-state index contributed by atoms with van der Waals surface area (Å²) in [5.41, 5.74) is 0. The van der Waals surface area contributed by atoms with E-state index >= 15 is 0 Å². The first-order valence-corrected chi connectivity index (χ1v) is 18.5. The van der Waals surface area contributed by atoms with Gasteiger partial charge in [-0.15, -0.1) is 0 Å². The number of hydrogen-bond donors (Lipinski definition) is 2. The van der Waals surface area contributed by atoms with Crippen LogP contribution in [0.25, 0.3) is 0 Å². The molecule has 24 heteroatoms. The van der Waals surface area contributed by atoms with Gasteiger partial charge in [-0.3, -0.25) is 47.9 Å². The van der Waals surface area contributed by atoms with Gasteiger partial charge in [0, 0.05) is 81.7 Å². The molecule has 2 rings (SSSR count). The molecular formula is C37H50N2O22. The lowest BCUT2D eigenvalue weighted by molar-refractivity contribution is -0.257. The molecule has 2 aliphatic heterocycles.